The van der Waals surface area contributed by atoms with E-state index in [4.69, 9.17) is 0 Å². The lowest BCUT2D eigenvalue weighted by atomic mass is 10.1. The molecule has 1 aromatic heterocycles. The molecule has 0 aliphatic carbocycles. The fourth-order valence-electron chi connectivity index (χ4n) is 1.87. The molecule has 0 unspecified atom stereocenters. The Balaban J connectivity index is 1.91. The zero-order valence-electron chi connectivity index (χ0n) is 11.8. The number of alkyl halides is 3. The summed E-state index contributed by atoms with van der Waals surface area (Å²) in [6, 6.07) is 6.09. The van der Waals surface area contributed by atoms with E-state index in [1.54, 1.807) is 12.1 Å². The summed E-state index contributed by atoms with van der Waals surface area (Å²) in [5, 5.41) is 2.59. The maximum Gasteiger partial charge on any atom is 0.422 e. The van der Waals surface area contributed by atoms with Crippen LogP contribution in [-0.4, -0.2) is 24.3 Å². The third-order valence-corrected chi connectivity index (χ3v) is 2.87. The van der Waals surface area contributed by atoms with Crippen LogP contribution in [0, 0.1) is 11.6 Å². The largest absolute Gasteiger partial charge is 0.484 e. The highest BCUT2D eigenvalue weighted by Gasteiger charge is 2.28. The van der Waals surface area contributed by atoms with Crippen LogP contribution in [0.4, 0.5) is 27.6 Å². The van der Waals surface area contributed by atoms with Crippen LogP contribution in [0.5, 0.6) is 5.75 Å². The van der Waals surface area contributed by atoms with E-state index in [1.165, 1.54) is 12.1 Å². The molecule has 0 aliphatic heterocycles. The van der Waals surface area contributed by atoms with Gasteiger partial charge in [-0.2, -0.15) is 13.2 Å². The molecule has 3 nitrogen and oxygen atoms in total. The first-order valence-corrected chi connectivity index (χ1v) is 6.66. The van der Waals surface area contributed by atoms with Crippen molar-refractivity contribution in [2.75, 3.05) is 18.5 Å². The van der Waals surface area contributed by atoms with Gasteiger partial charge in [0.25, 0.3) is 0 Å². The first kappa shape index (κ1) is 17.0. The molecule has 8 heteroatoms. The second-order valence-corrected chi connectivity index (χ2v) is 4.71. The second-order valence-electron chi connectivity index (χ2n) is 4.71. The molecule has 2 aromatic rings. The molecular formula is C15H13F5N2O. The fraction of sp³-hybridized carbons (Fsp3) is 0.267. The molecule has 0 spiro atoms. The number of ether oxygens (including phenoxy) is 1. The molecule has 0 atom stereocenters. The average molecular weight is 332 g/mol. The average Bonchev–Trinajstić information content (AvgIpc) is 2.48. The Labute approximate surface area is 129 Å². The quantitative estimate of drug-likeness (QED) is 0.813. The van der Waals surface area contributed by atoms with Crippen LogP contribution in [0.1, 0.15) is 5.56 Å². The van der Waals surface area contributed by atoms with Crippen LogP contribution in [0.15, 0.2) is 36.7 Å². The Morgan fingerprint density at radius 1 is 1.09 bits per heavy atom. The number of anilines is 1. The summed E-state index contributed by atoms with van der Waals surface area (Å²) in [6.45, 7) is -1.18. The zero-order chi connectivity index (χ0) is 16.9. The SMILES string of the molecule is Fc1cncc(F)c1NCCc1cccc(OCC(F)(F)F)c1. The van der Waals surface area contributed by atoms with E-state index in [1.807, 2.05) is 0 Å². The molecule has 1 N–H and O–H groups in total. The normalized spacial score (nSPS) is 11.3. The van der Waals surface area contributed by atoms with Crippen molar-refractivity contribution in [2.24, 2.45) is 0 Å². The van der Waals surface area contributed by atoms with Crippen LogP contribution < -0.4 is 10.1 Å². The predicted octanol–water partition coefficient (Wildman–Crippen LogP) is 3.96. The van der Waals surface area contributed by atoms with Crippen molar-refractivity contribution in [3.63, 3.8) is 0 Å². The van der Waals surface area contributed by atoms with Crippen LogP contribution >= 0.6 is 0 Å². The highest BCUT2D eigenvalue weighted by molar-refractivity contribution is 5.44. The monoisotopic (exact) mass is 332 g/mol. The number of nitrogens with zero attached hydrogens (tertiary/aromatic N) is 1. The van der Waals surface area contributed by atoms with Gasteiger partial charge in [0.2, 0.25) is 0 Å². The molecule has 0 radical (unpaired) electrons. The molecule has 2 rings (SSSR count). The van der Waals surface area contributed by atoms with E-state index >= 15 is 0 Å². The van der Waals surface area contributed by atoms with Crippen LogP contribution in [0.3, 0.4) is 0 Å². The van der Waals surface area contributed by atoms with E-state index in [0.717, 1.165) is 12.4 Å². The fourth-order valence-corrected chi connectivity index (χ4v) is 1.87. The van der Waals surface area contributed by atoms with Crippen LogP contribution in [0.2, 0.25) is 0 Å². The first-order chi connectivity index (χ1) is 10.8. The minimum Gasteiger partial charge on any atom is -0.484 e. The topological polar surface area (TPSA) is 34.2 Å². The summed E-state index contributed by atoms with van der Waals surface area (Å²) in [5.41, 5.74) is 0.386. The van der Waals surface area contributed by atoms with Crippen LogP contribution in [0.25, 0.3) is 0 Å². The van der Waals surface area contributed by atoms with E-state index in [9.17, 15) is 22.0 Å². The summed E-state index contributed by atoms with van der Waals surface area (Å²) in [4.78, 5) is 3.36. The van der Waals surface area contributed by atoms with Crippen molar-refractivity contribution in [1.82, 2.24) is 4.98 Å². The Morgan fingerprint density at radius 3 is 2.43 bits per heavy atom. The zero-order valence-corrected chi connectivity index (χ0v) is 11.8. The van der Waals surface area contributed by atoms with E-state index < -0.39 is 24.4 Å². The van der Waals surface area contributed by atoms with Gasteiger partial charge in [0.1, 0.15) is 11.4 Å². The van der Waals surface area contributed by atoms with Gasteiger partial charge in [-0.15, -0.1) is 0 Å². The number of benzene rings is 1. The molecular weight excluding hydrogens is 319 g/mol. The molecule has 0 amide bonds. The number of hydrogen-bond donors (Lipinski definition) is 1. The van der Waals surface area contributed by atoms with Gasteiger partial charge in [0, 0.05) is 6.54 Å². The summed E-state index contributed by atoms with van der Waals surface area (Å²) < 4.78 is 67.7. The van der Waals surface area contributed by atoms with Crippen molar-refractivity contribution in [3.8, 4) is 5.75 Å². The van der Waals surface area contributed by atoms with E-state index in [-0.39, 0.29) is 18.0 Å². The maximum absolute atomic E-state index is 13.4. The molecule has 23 heavy (non-hydrogen) atoms. The minimum atomic E-state index is -4.41. The molecule has 1 aromatic carbocycles. The number of halogens is 5. The smallest absolute Gasteiger partial charge is 0.422 e. The number of pyridine rings is 1. The highest BCUT2D eigenvalue weighted by atomic mass is 19.4. The lowest BCUT2D eigenvalue weighted by molar-refractivity contribution is -0.153. The van der Waals surface area contributed by atoms with Gasteiger partial charge in [-0.3, -0.25) is 4.98 Å². The third-order valence-electron chi connectivity index (χ3n) is 2.87. The molecule has 1 heterocycles. The maximum atomic E-state index is 13.4. The molecule has 0 saturated heterocycles. The lowest BCUT2D eigenvalue weighted by Gasteiger charge is -2.11. The van der Waals surface area contributed by atoms with E-state index in [2.05, 4.69) is 15.0 Å². The summed E-state index contributed by atoms with van der Waals surface area (Å²) in [6.07, 6.45) is -2.29. The molecule has 0 aliphatic rings. The molecule has 0 saturated carbocycles. The summed E-state index contributed by atoms with van der Waals surface area (Å²) in [7, 11) is 0. The summed E-state index contributed by atoms with van der Waals surface area (Å²) >= 11 is 0. The van der Waals surface area contributed by atoms with Gasteiger partial charge in [-0.25, -0.2) is 8.78 Å². The standard InChI is InChI=1S/C15H13F5N2O/c16-12-7-21-8-13(17)14(12)22-5-4-10-2-1-3-11(6-10)23-9-15(18,19)20/h1-3,6-8H,4-5,9H2,(H,21,22). The highest BCUT2D eigenvalue weighted by Crippen LogP contribution is 2.20. The van der Waals surface area contributed by atoms with Gasteiger partial charge < -0.3 is 10.1 Å². The van der Waals surface area contributed by atoms with Crippen molar-refractivity contribution >= 4 is 5.69 Å². The van der Waals surface area contributed by atoms with Gasteiger partial charge in [-0.05, 0) is 24.1 Å². The van der Waals surface area contributed by atoms with Crippen LogP contribution in [-0.2, 0) is 6.42 Å². The lowest BCUT2D eigenvalue weighted by Crippen LogP contribution is -2.19. The van der Waals surface area contributed by atoms with Gasteiger partial charge in [0.15, 0.2) is 18.2 Å². The Kier molecular flexibility index (Phi) is 5.36. The van der Waals surface area contributed by atoms with Gasteiger partial charge >= 0.3 is 6.18 Å². The Morgan fingerprint density at radius 2 is 1.78 bits per heavy atom. The molecule has 0 bridgehead atoms. The number of rotatable bonds is 6. The molecule has 0 fully saturated rings. The van der Waals surface area contributed by atoms with Gasteiger partial charge in [-0.1, -0.05) is 12.1 Å². The summed E-state index contributed by atoms with van der Waals surface area (Å²) in [5.74, 6) is -1.54. The van der Waals surface area contributed by atoms with Crippen molar-refractivity contribution in [1.29, 1.82) is 0 Å². The Hall–Kier alpha value is -2.38. The van der Waals surface area contributed by atoms with Crippen molar-refractivity contribution in [2.45, 2.75) is 12.6 Å². The van der Waals surface area contributed by atoms with Crippen molar-refractivity contribution in [3.05, 3.63) is 53.9 Å². The Bertz CT molecular complexity index is 640. The molecule has 124 valence electrons. The van der Waals surface area contributed by atoms with E-state index in [0.29, 0.717) is 12.0 Å². The minimum absolute atomic E-state index is 0.0843. The number of nitrogens with one attached hydrogen (secondary N) is 1. The van der Waals surface area contributed by atoms with Crippen molar-refractivity contribution < 1.29 is 26.7 Å². The predicted molar refractivity (Wildman–Crippen MR) is 74.3 cm³/mol. The second kappa shape index (κ2) is 7.26. The number of aromatic nitrogens is 1. The first-order valence-electron chi connectivity index (χ1n) is 6.66. The third kappa shape index (κ3) is 5.39. The number of hydrogen-bond acceptors (Lipinski definition) is 3. The van der Waals surface area contributed by atoms with Gasteiger partial charge in [0.05, 0.1) is 12.4 Å².